The van der Waals surface area contributed by atoms with Gasteiger partial charge in [-0.15, -0.1) is 0 Å². The first kappa shape index (κ1) is 48.6. The molecule has 5 heterocycles. The molecule has 5 aliphatic rings. The molecule has 0 unspecified atom stereocenters. The Hall–Kier alpha value is -2.39. The molecule has 13 nitrogen and oxygen atoms in total. The number of nitrogens with one attached hydrogen (secondary N) is 1. The average molecular weight is 848 g/mol. The third-order valence-corrected chi connectivity index (χ3v) is 15.2. The van der Waals surface area contributed by atoms with Gasteiger partial charge in [0.25, 0.3) is 0 Å². The van der Waals surface area contributed by atoms with Crippen LogP contribution >= 0.6 is 0 Å². The summed E-state index contributed by atoms with van der Waals surface area (Å²) in [7, 11) is 1.50. The van der Waals surface area contributed by atoms with Gasteiger partial charge in [0, 0.05) is 37.1 Å². The Balaban J connectivity index is 1.35. The van der Waals surface area contributed by atoms with Crippen LogP contribution in [0.5, 0.6) is 0 Å². The number of carbonyl (C=O) groups excluding carboxylic acids is 3. The zero-order valence-corrected chi connectivity index (χ0v) is 38.3. The number of amides is 1. The van der Waals surface area contributed by atoms with E-state index in [1.807, 2.05) is 47.6 Å². The van der Waals surface area contributed by atoms with Crippen LogP contribution in [-0.4, -0.2) is 107 Å². The Labute approximate surface area is 359 Å². The Bertz CT molecular complexity index is 1540. The molecule has 5 aliphatic heterocycles. The van der Waals surface area contributed by atoms with E-state index in [-0.39, 0.29) is 60.3 Å². The molecule has 342 valence electrons. The number of ether oxygens (including phenoxy) is 7. The molecule has 4 fully saturated rings. The zero-order valence-electron chi connectivity index (χ0n) is 38.3. The molecule has 0 aliphatic carbocycles. The fourth-order valence-corrected chi connectivity index (χ4v) is 11.0. The molecule has 13 heteroatoms. The van der Waals surface area contributed by atoms with Gasteiger partial charge in [0.15, 0.2) is 11.9 Å². The van der Waals surface area contributed by atoms with E-state index in [1.54, 1.807) is 19.1 Å². The minimum absolute atomic E-state index is 0.0208. The number of aliphatic hydroxyl groups is 2. The van der Waals surface area contributed by atoms with Crippen LogP contribution in [0.3, 0.4) is 0 Å². The van der Waals surface area contributed by atoms with Gasteiger partial charge < -0.3 is 48.7 Å². The van der Waals surface area contributed by atoms with E-state index in [1.165, 1.54) is 7.05 Å². The van der Waals surface area contributed by atoms with Gasteiger partial charge >= 0.3 is 12.1 Å². The van der Waals surface area contributed by atoms with Crippen molar-refractivity contribution < 1.29 is 57.8 Å². The molecule has 2 spiro atoms. The monoisotopic (exact) mass is 848 g/mol. The van der Waals surface area contributed by atoms with E-state index in [0.29, 0.717) is 57.8 Å². The van der Waals surface area contributed by atoms with Crippen LogP contribution in [0.15, 0.2) is 24.8 Å². The number of ketones is 1. The van der Waals surface area contributed by atoms with Crippen molar-refractivity contribution in [2.75, 3.05) is 13.7 Å². The fourth-order valence-electron chi connectivity index (χ4n) is 11.0. The predicted octanol–water partition coefficient (Wildman–Crippen LogP) is 7.20. The third-order valence-electron chi connectivity index (χ3n) is 15.2. The molecule has 60 heavy (non-hydrogen) atoms. The molecular formula is C47H77NO12. The smallest absolute Gasteiger partial charge is 0.407 e. The highest BCUT2D eigenvalue weighted by molar-refractivity contribution is 5.84. The van der Waals surface area contributed by atoms with Crippen molar-refractivity contribution in [3.05, 3.63) is 24.8 Å². The lowest BCUT2D eigenvalue weighted by atomic mass is 9.72. The highest BCUT2D eigenvalue weighted by atomic mass is 16.8. The van der Waals surface area contributed by atoms with Crippen molar-refractivity contribution in [1.29, 1.82) is 0 Å². The molecule has 18 atom stereocenters. The second-order valence-electron chi connectivity index (χ2n) is 19.1. The van der Waals surface area contributed by atoms with E-state index in [9.17, 15) is 24.6 Å². The van der Waals surface area contributed by atoms with Crippen LogP contribution in [-0.2, 0) is 42.7 Å². The summed E-state index contributed by atoms with van der Waals surface area (Å²) < 4.78 is 45.6. The average Bonchev–Trinajstić information content (AvgIpc) is 3.57. The minimum Gasteiger partial charge on any atom is -0.461 e. The molecule has 0 aromatic carbocycles. The fraction of sp³-hybridized carbons (Fsp3) is 0.851. The van der Waals surface area contributed by atoms with Crippen LogP contribution in [0.1, 0.15) is 133 Å². The van der Waals surface area contributed by atoms with Crippen LogP contribution in [0, 0.1) is 41.4 Å². The first-order chi connectivity index (χ1) is 28.3. The van der Waals surface area contributed by atoms with Gasteiger partial charge in [-0.2, -0.15) is 0 Å². The van der Waals surface area contributed by atoms with Gasteiger partial charge in [0.05, 0.1) is 53.7 Å². The largest absolute Gasteiger partial charge is 0.461 e. The topological polar surface area (TPSA) is 168 Å². The lowest BCUT2D eigenvalue weighted by Gasteiger charge is -2.54. The number of hydrogen-bond acceptors (Lipinski definition) is 12. The number of hydrogen-bond donors (Lipinski definition) is 3. The first-order valence-electron chi connectivity index (χ1n) is 23.0. The quantitative estimate of drug-likeness (QED) is 0.112. The van der Waals surface area contributed by atoms with E-state index in [2.05, 4.69) is 32.7 Å². The molecule has 1 amide bonds. The molecule has 5 rings (SSSR count). The standard InChI is InChI=1S/C47H77NO12/c1-13-25-54-42(51)33(14-2)35-18-17-27(5)40(56-35)31(9)38(49)30(8)39(50)34(15-3)41-28(6)26-29(7)46(58-41)22-20-37(57-43(52)48-12)47(60-46)24-23-44(11,59-47)36-19-21-45(53,16-4)32(10)55-36/h13,20,22,27-38,40-41,49,53H,1,14-19,21,23-26H2,2-12H3,(H,48,52)/t27-,28-,29+,30-,31-,32-,33+,34-,35+,36+,37+,38+,40+,41-,44-,45+,46-,47-/m0/s1. The number of carbonyl (C=O) groups is 3. The maximum Gasteiger partial charge on any atom is 0.407 e. The second kappa shape index (κ2) is 19.6. The summed E-state index contributed by atoms with van der Waals surface area (Å²) in [5, 5.41) is 25.6. The lowest BCUT2D eigenvalue weighted by Crippen LogP contribution is -2.63. The molecule has 0 radical (unpaired) electrons. The Morgan fingerprint density at radius 3 is 2.27 bits per heavy atom. The molecule has 3 N–H and O–H groups in total. The number of aliphatic hydroxyl groups excluding tert-OH is 1. The van der Waals surface area contributed by atoms with Crippen LogP contribution < -0.4 is 5.32 Å². The predicted molar refractivity (Wildman–Crippen MR) is 225 cm³/mol. The number of rotatable bonds is 15. The Morgan fingerprint density at radius 2 is 1.65 bits per heavy atom. The number of alkyl carbamates (subject to hydrolysis) is 1. The van der Waals surface area contributed by atoms with Gasteiger partial charge in [0.2, 0.25) is 5.79 Å². The van der Waals surface area contributed by atoms with Gasteiger partial charge in [0.1, 0.15) is 12.4 Å². The van der Waals surface area contributed by atoms with E-state index in [0.717, 1.165) is 6.42 Å². The summed E-state index contributed by atoms with van der Waals surface area (Å²) in [4.78, 5) is 40.3. The van der Waals surface area contributed by atoms with Gasteiger partial charge in [-0.1, -0.05) is 68.0 Å². The molecular weight excluding hydrogens is 771 g/mol. The van der Waals surface area contributed by atoms with Crippen molar-refractivity contribution >= 4 is 17.8 Å². The summed E-state index contributed by atoms with van der Waals surface area (Å²) in [6, 6.07) is 0. The maximum absolute atomic E-state index is 14.7. The van der Waals surface area contributed by atoms with Gasteiger partial charge in [-0.05, 0) is 95.6 Å². The van der Waals surface area contributed by atoms with E-state index in [4.69, 9.17) is 33.2 Å². The molecule has 0 aromatic rings. The SMILES string of the molecule is C=CCOC(=O)[C@H](CC)[C@H]1CC[C@H](C)[C@H]([C@@H](C)[C@H](O)[C@H](C)C(=O)[C@H](CC)[C@H]2O[C@]3(C=C[C@@H](OC(=O)NC)[C@]4(CC[C@@](C)([C@H]5CC[C@](O)(CC)[C@H](C)O5)O4)O3)[C@H](C)C[C@@H]2C)O1. The van der Waals surface area contributed by atoms with Crippen molar-refractivity contribution in [2.24, 2.45) is 41.4 Å². The van der Waals surface area contributed by atoms with Crippen molar-refractivity contribution in [3.8, 4) is 0 Å². The molecule has 0 bridgehead atoms. The number of esters is 1. The molecule has 0 aromatic heterocycles. The Morgan fingerprint density at radius 1 is 0.950 bits per heavy atom. The number of Topliss-reactive ketones (excluding diaryl/α,β-unsaturated/α-hetero) is 1. The van der Waals surface area contributed by atoms with Crippen LogP contribution in [0.2, 0.25) is 0 Å². The Kier molecular flexibility index (Phi) is 15.9. The minimum atomic E-state index is -1.42. The highest BCUT2D eigenvalue weighted by Gasteiger charge is 2.64. The summed E-state index contributed by atoms with van der Waals surface area (Å²) in [6.45, 7) is 23.5. The van der Waals surface area contributed by atoms with E-state index < -0.39 is 71.0 Å². The van der Waals surface area contributed by atoms with Crippen LogP contribution in [0.4, 0.5) is 4.79 Å². The summed E-state index contributed by atoms with van der Waals surface area (Å²) in [5.74, 6) is -5.29. The zero-order chi connectivity index (χ0) is 44.4. The summed E-state index contributed by atoms with van der Waals surface area (Å²) >= 11 is 0. The van der Waals surface area contributed by atoms with E-state index >= 15 is 0 Å². The summed E-state index contributed by atoms with van der Waals surface area (Å²) in [5.41, 5.74) is -1.73. The summed E-state index contributed by atoms with van der Waals surface area (Å²) in [6.07, 6.45) is 6.60. The first-order valence-corrected chi connectivity index (χ1v) is 23.0. The van der Waals surface area contributed by atoms with Gasteiger partial charge in [-0.25, -0.2) is 4.79 Å². The highest BCUT2D eigenvalue weighted by Crippen LogP contribution is 2.54. The third kappa shape index (κ3) is 9.57. The van der Waals surface area contributed by atoms with Crippen molar-refractivity contribution in [1.82, 2.24) is 5.32 Å². The van der Waals surface area contributed by atoms with Crippen molar-refractivity contribution in [3.63, 3.8) is 0 Å². The second-order valence-corrected chi connectivity index (χ2v) is 19.1. The molecule has 4 saturated heterocycles. The van der Waals surface area contributed by atoms with Crippen LogP contribution in [0.25, 0.3) is 0 Å². The van der Waals surface area contributed by atoms with Crippen molar-refractivity contribution in [2.45, 2.75) is 199 Å². The normalized spacial score (nSPS) is 41.9. The lowest BCUT2D eigenvalue weighted by molar-refractivity contribution is -0.408. The maximum atomic E-state index is 14.7. The van der Waals surface area contributed by atoms with Gasteiger partial charge in [-0.3, -0.25) is 9.59 Å². The molecule has 0 saturated carbocycles.